The first-order chi connectivity index (χ1) is 9.06. The zero-order chi connectivity index (χ0) is 13.6. The van der Waals surface area contributed by atoms with Gasteiger partial charge < -0.3 is 5.73 Å². The van der Waals surface area contributed by atoms with Crippen molar-refractivity contribution < 1.29 is 0 Å². The summed E-state index contributed by atoms with van der Waals surface area (Å²) in [6.07, 6.45) is 2.33. The summed E-state index contributed by atoms with van der Waals surface area (Å²) in [5.74, 6) is 1.63. The Balaban J connectivity index is 2.11. The molecule has 0 spiro atoms. The summed E-state index contributed by atoms with van der Waals surface area (Å²) in [4.78, 5) is 8.97. The largest absolute Gasteiger partial charge is 0.383 e. The summed E-state index contributed by atoms with van der Waals surface area (Å²) in [5, 5.41) is 0.663. The first kappa shape index (κ1) is 13.3. The molecular formula is C13H10Br2ClN3. The van der Waals surface area contributed by atoms with Crippen LogP contribution in [0.2, 0.25) is 5.02 Å². The molecule has 1 aliphatic rings. The third kappa shape index (κ3) is 2.64. The summed E-state index contributed by atoms with van der Waals surface area (Å²) in [6.45, 7) is 0. The average molecular weight is 404 g/mol. The van der Waals surface area contributed by atoms with E-state index in [-0.39, 0.29) is 0 Å². The lowest BCUT2D eigenvalue weighted by atomic mass is 10.2. The Morgan fingerprint density at radius 1 is 1.21 bits per heavy atom. The lowest BCUT2D eigenvalue weighted by Gasteiger charge is -2.09. The molecule has 1 aliphatic carbocycles. The van der Waals surface area contributed by atoms with Crippen LogP contribution in [0.25, 0.3) is 11.4 Å². The Labute approximate surface area is 132 Å². The quantitative estimate of drug-likeness (QED) is 0.785. The predicted molar refractivity (Wildman–Crippen MR) is 84.3 cm³/mol. The maximum absolute atomic E-state index is 6.00. The maximum atomic E-state index is 6.00. The first-order valence-electron chi connectivity index (χ1n) is 5.84. The van der Waals surface area contributed by atoms with Crippen LogP contribution in [0.15, 0.2) is 27.1 Å². The molecule has 1 heterocycles. The van der Waals surface area contributed by atoms with Crippen LogP contribution in [0.3, 0.4) is 0 Å². The zero-order valence-corrected chi connectivity index (χ0v) is 13.8. The molecular weight excluding hydrogens is 393 g/mol. The molecule has 1 saturated carbocycles. The van der Waals surface area contributed by atoms with Gasteiger partial charge in [-0.25, -0.2) is 9.97 Å². The first-order valence-corrected chi connectivity index (χ1v) is 7.81. The molecule has 3 nitrogen and oxygen atoms in total. The Morgan fingerprint density at radius 2 is 1.95 bits per heavy atom. The molecule has 2 N–H and O–H groups in total. The molecule has 19 heavy (non-hydrogen) atoms. The SMILES string of the molecule is Nc1nc(-c2ccc(Cl)c(Br)c2)nc(C2CC2)c1Br. The van der Waals surface area contributed by atoms with Gasteiger partial charge in [0, 0.05) is 16.0 Å². The predicted octanol–water partition coefficient (Wildman–Crippen LogP) is 4.78. The van der Waals surface area contributed by atoms with E-state index in [1.807, 2.05) is 18.2 Å². The molecule has 98 valence electrons. The molecule has 1 aromatic heterocycles. The fourth-order valence-electron chi connectivity index (χ4n) is 1.87. The van der Waals surface area contributed by atoms with Gasteiger partial charge in [0.15, 0.2) is 5.82 Å². The van der Waals surface area contributed by atoms with Crippen LogP contribution < -0.4 is 5.73 Å². The third-order valence-corrected chi connectivity index (χ3v) is 5.07. The van der Waals surface area contributed by atoms with Crippen molar-refractivity contribution in [1.82, 2.24) is 9.97 Å². The maximum Gasteiger partial charge on any atom is 0.161 e. The van der Waals surface area contributed by atoms with Crippen LogP contribution in [-0.2, 0) is 0 Å². The van der Waals surface area contributed by atoms with Crippen LogP contribution in [0.5, 0.6) is 0 Å². The van der Waals surface area contributed by atoms with Crippen molar-refractivity contribution in [2.24, 2.45) is 0 Å². The van der Waals surface area contributed by atoms with Gasteiger partial charge in [0.25, 0.3) is 0 Å². The average Bonchev–Trinajstić information content (AvgIpc) is 3.20. The van der Waals surface area contributed by atoms with E-state index in [0.29, 0.717) is 22.6 Å². The monoisotopic (exact) mass is 401 g/mol. The van der Waals surface area contributed by atoms with E-state index < -0.39 is 0 Å². The number of hydrogen-bond acceptors (Lipinski definition) is 3. The minimum Gasteiger partial charge on any atom is -0.383 e. The highest BCUT2D eigenvalue weighted by molar-refractivity contribution is 9.11. The van der Waals surface area contributed by atoms with E-state index in [4.69, 9.17) is 17.3 Å². The number of nitrogens with zero attached hydrogens (tertiary/aromatic N) is 2. The number of nitrogen functional groups attached to an aromatic ring is 1. The fraction of sp³-hybridized carbons (Fsp3) is 0.231. The summed E-state index contributed by atoms with van der Waals surface area (Å²) in [5.41, 5.74) is 7.86. The Hall–Kier alpha value is -0.650. The van der Waals surface area contributed by atoms with Crippen molar-refractivity contribution in [2.75, 3.05) is 5.73 Å². The minimum atomic E-state index is 0.484. The van der Waals surface area contributed by atoms with Gasteiger partial charge in [-0.1, -0.05) is 11.6 Å². The molecule has 0 radical (unpaired) electrons. The molecule has 0 unspecified atom stereocenters. The van der Waals surface area contributed by atoms with Gasteiger partial charge in [0.1, 0.15) is 5.82 Å². The van der Waals surface area contributed by atoms with Crippen LogP contribution in [-0.4, -0.2) is 9.97 Å². The second kappa shape index (κ2) is 5.04. The molecule has 0 bridgehead atoms. The highest BCUT2D eigenvalue weighted by atomic mass is 79.9. The van der Waals surface area contributed by atoms with Crippen molar-refractivity contribution >= 4 is 49.3 Å². The van der Waals surface area contributed by atoms with E-state index >= 15 is 0 Å². The van der Waals surface area contributed by atoms with Crippen LogP contribution >= 0.6 is 43.5 Å². The minimum absolute atomic E-state index is 0.484. The van der Waals surface area contributed by atoms with Gasteiger partial charge in [-0.3, -0.25) is 0 Å². The summed E-state index contributed by atoms with van der Waals surface area (Å²) in [7, 11) is 0. The molecule has 0 atom stereocenters. The number of halogens is 3. The van der Waals surface area contributed by atoms with E-state index in [1.165, 1.54) is 12.8 Å². The van der Waals surface area contributed by atoms with Gasteiger partial charge in [0.05, 0.1) is 15.2 Å². The second-order valence-corrected chi connectivity index (χ2v) is 6.59. The molecule has 0 saturated heterocycles. The lowest BCUT2D eigenvalue weighted by Crippen LogP contribution is -2.02. The van der Waals surface area contributed by atoms with Crippen molar-refractivity contribution in [1.29, 1.82) is 0 Å². The second-order valence-electron chi connectivity index (χ2n) is 4.53. The molecule has 0 aliphatic heterocycles. The molecule has 0 amide bonds. The van der Waals surface area contributed by atoms with Crippen molar-refractivity contribution in [2.45, 2.75) is 18.8 Å². The summed E-state index contributed by atoms with van der Waals surface area (Å²) < 4.78 is 1.65. The molecule has 1 aromatic carbocycles. The normalized spacial score (nSPS) is 14.7. The fourth-order valence-corrected chi connectivity index (χ4v) is 2.87. The topological polar surface area (TPSA) is 51.8 Å². The van der Waals surface area contributed by atoms with Gasteiger partial charge in [0.2, 0.25) is 0 Å². The Bertz CT molecular complexity index is 657. The van der Waals surface area contributed by atoms with Gasteiger partial charge in [-0.2, -0.15) is 0 Å². The van der Waals surface area contributed by atoms with E-state index in [9.17, 15) is 0 Å². The van der Waals surface area contributed by atoms with E-state index in [1.54, 1.807) is 0 Å². The number of rotatable bonds is 2. The third-order valence-electron chi connectivity index (χ3n) is 3.04. The molecule has 1 fully saturated rings. The van der Waals surface area contributed by atoms with Gasteiger partial charge in [-0.15, -0.1) is 0 Å². The highest BCUT2D eigenvalue weighted by Crippen LogP contribution is 2.44. The van der Waals surface area contributed by atoms with Crippen LogP contribution in [0.4, 0.5) is 5.82 Å². The molecule has 2 aromatic rings. The summed E-state index contributed by atoms with van der Waals surface area (Å²) in [6, 6.07) is 5.62. The highest BCUT2D eigenvalue weighted by Gasteiger charge is 2.29. The lowest BCUT2D eigenvalue weighted by molar-refractivity contribution is 0.984. The molecule has 3 rings (SSSR count). The summed E-state index contributed by atoms with van der Waals surface area (Å²) >= 11 is 12.9. The van der Waals surface area contributed by atoms with Gasteiger partial charge in [-0.05, 0) is 62.9 Å². The Kier molecular flexibility index (Phi) is 3.53. The van der Waals surface area contributed by atoms with Crippen LogP contribution in [0, 0.1) is 0 Å². The van der Waals surface area contributed by atoms with E-state index in [0.717, 1.165) is 20.2 Å². The van der Waals surface area contributed by atoms with Crippen molar-refractivity contribution in [3.8, 4) is 11.4 Å². The van der Waals surface area contributed by atoms with Crippen molar-refractivity contribution in [3.63, 3.8) is 0 Å². The van der Waals surface area contributed by atoms with Crippen molar-refractivity contribution in [3.05, 3.63) is 37.9 Å². The number of hydrogen-bond donors (Lipinski definition) is 1. The zero-order valence-electron chi connectivity index (χ0n) is 9.83. The Morgan fingerprint density at radius 3 is 2.58 bits per heavy atom. The van der Waals surface area contributed by atoms with E-state index in [2.05, 4.69) is 41.8 Å². The standard InChI is InChI=1S/C13H10Br2ClN3/c14-8-5-7(3-4-9(8)16)13-18-11(6-1-2-6)10(15)12(17)19-13/h3-6H,1-2H2,(H2,17,18,19). The molecule has 6 heteroatoms. The van der Waals surface area contributed by atoms with Gasteiger partial charge >= 0.3 is 0 Å². The number of nitrogens with two attached hydrogens (primary N) is 1. The smallest absolute Gasteiger partial charge is 0.161 e. The van der Waals surface area contributed by atoms with Crippen LogP contribution in [0.1, 0.15) is 24.5 Å². The number of aromatic nitrogens is 2. The number of benzene rings is 1. The number of anilines is 1.